The van der Waals surface area contributed by atoms with Crippen LogP contribution in [0.1, 0.15) is 54.4 Å². The van der Waals surface area contributed by atoms with Crippen molar-refractivity contribution in [2.75, 3.05) is 26.2 Å². The molecule has 0 spiro atoms. The Morgan fingerprint density at radius 3 is 2.17 bits per heavy atom. The van der Waals surface area contributed by atoms with Crippen LogP contribution < -0.4 is 5.32 Å². The van der Waals surface area contributed by atoms with E-state index in [1.54, 1.807) is 0 Å². The Kier molecular flexibility index (Phi) is 10.7. The van der Waals surface area contributed by atoms with E-state index >= 15 is 0 Å². The van der Waals surface area contributed by atoms with E-state index in [2.05, 4.69) is 51.8 Å². The van der Waals surface area contributed by atoms with E-state index in [0.717, 1.165) is 32.7 Å². The van der Waals surface area contributed by atoms with E-state index in [1.165, 1.54) is 6.42 Å². The van der Waals surface area contributed by atoms with Gasteiger partial charge in [0, 0.05) is 18.6 Å². The molecule has 3 nitrogen and oxygen atoms in total. The molecular formula is C15H34N2O. The third kappa shape index (κ3) is 8.90. The van der Waals surface area contributed by atoms with Crippen molar-refractivity contribution in [1.82, 2.24) is 10.2 Å². The second kappa shape index (κ2) is 10.8. The van der Waals surface area contributed by atoms with Crippen LogP contribution in [0, 0.1) is 0 Å². The molecule has 0 aromatic heterocycles. The average molecular weight is 258 g/mol. The fraction of sp³-hybridized carbons (Fsp3) is 1.00. The van der Waals surface area contributed by atoms with Gasteiger partial charge in [-0.2, -0.15) is 0 Å². The van der Waals surface area contributed by atoms with Gasteiger partial charge in [0.1, 0.15) is 0 Å². The highest BCUT2D eigenvalue weighted by Gasteiger charge is 2.13. The van der Waals surface area contributed by atoms with Crippen LogP contribution >= 0.6 is 0 Å². The van der Waals surface area contributed by atoms with Crippen molar-refractivity contribution in [2.24, 2.45) is 0 Å². The topological polar surface area (TPSA) is 24.5 Å². The van der Waals surface area contributed by atoms with Crippen molar-refractivity contribution in [2.45, 2.75) is 72.6 Å². The minimum atomic E-state index is 0.379. The second-order valence-corrected chi connectivity index (χ2v) is 5.60. The normalized spacial score (nSPS) is 13.8. The Hall–Kier alpha value is -0.120. The summed E-state index contributed by atoms with van der Waals surface area (Å²) in [6.07, 6.45) is 2.73. The van der Waals surface area contributed by atoms with Crippen molar-refractivity contribution in [3.63, 3.8) is 0 Å². The maximum absolute atomic E-state index is 5.88. The van der Waals surface area contributed by atoms with Gasteiger partial charge in [0.2, 0.25) is 0 Å². The maximum Gasteiger partial charge on any atom is 0.0597 e. The molecule has 1 N–H and O–H groups in total. The summed E-state index contributed by atoms with van der Waals surface area (Å²) in [6, 6.07) is 1.19. The zero-order valence-electron chi connectivity index (χ0n) is 13.3. The molecule has 0 aliphatic carbocycles. The molecule has 0 fully saturated rings. The first kappa shape index (κ1) is 17.9. The summed E-state index contributed by atoms with van der Waals surface area (Å²) >= 11 is 0. The number of nitrogens with zero attached hydrogens (tertiary/aromatic N) is 1. The second-order valence-electron chi connectivity index (χ2n) is 5.60. The molecule has 18 heavy (non-hydrogen) atoms. The Morgan fingerprint density at radius 1 is 1.06 bits per heavy atom. The zero-order valence-corrected chi connectivity index (χ0v) is 13.3. The van der Waals surface area contributed by atoms with E-state index in [0.29, 0.717) is 18.2 Å². The molecule has 0 amide bonds. The first-order valence-corrected chi connectivity index (χ1v) is 7.57. The van der Waals surface area contributed by atoms with Gasteiger partial charge in [0.25, 0.3) is 0 Å². The molecule has 0 radical (unpaired) electrons. The maximum atomic E-state index is 5.88. The molecule has 1 atom stereocenters. The highest BCUT2D eigenvalue weighted by Crippen LogP contribution is 2.06. The summed E-state index contributed by atoms with van der Waals surface area (Å²) in [5.74, 6) is 0. The highest BCUT2D eigenvalue weighted by atomic mass is 16.5. The van der Waals surface area contributed by atoms with Crippen molar-refractivity contribution in [1.29, 1.82) is 0 Å². The van der Waals surface area contributed by atoms with Crippen LogP contribution in [0.15, 0.2) is 0 Å². The van der Waals surface area contributed by atoms with Crippen LogP contribution in [-0.4, -0.2) is 49.3 Å². The quantitative estimate of drug-likeness (QED) is 0.577. The molecule has 0 aliphatic rings. The minimum absolute atomic E-state index is 0.379. The first-order chi connectivity index (χ1) is 8.49. The largest absolute Gasteiger partial charge is 0.377 e. The van der Waals surface area contributed by atoms with Gasteiger partial charge in [-0.1, -0.05) is 6.92 Å². The lowest BCUT2D eigenvalue weighted by Gasteiger charge is -2.30. The molecule has 0 aromatic rings. The molecule has 0 aromatic carbocycles. The molecule has 0 saturated heterocycles. The highest BCUT2D eigenvalue weighted by molar-refractivity contribution is 4.67. The summed E-state index contributed by atoms with van der Waals surface area (Å²) in [4.78, 5) is 2.48. The van der Waals surface area contributed by atoms with E-state index in [1.807, 2.05) is 0 Å². The van der Waals surface area contributed by atoms with Gasteiger partial charge in [-0.3, -0.25) is 4.90 Å². The van der Waals surface area contributed by atoms with E-state index < -0.39 is 0 Å². The van der Waals surface area contributed by atoms with Crippen LogP contribution in [-0.2, 0) is 4.74 Å². The van der Waals surface area contributed by atoms with Crippen molar-refractivity contribution >= 4 is 0 Å². The number of nitrogens with one attached hydrogen (secondary N) is 1. The summed E-state index contributed by atoms with van der Waals surface area (Å²) in [5, 5.41) is 3.34. The lowest BCUT2D eigenvalue weighted by molar-refractivity contribution is 0.0299. The van der Waals surface area contributed by atoms with Gasteiger partial charge < -0.3 is 10.1 Å². The van der Waals surface area contributed by atoms with Crippen molar-refractivity contribution in [3.8, 4) is 0 Å². The number of hydrogen-bond acceptors (Lipinski definition) is 3. The van der Waals surface area contributed by atoms with Gasteiger partial charge in [-0.15, -0.1) is 0 Å². The standard InChI is InChI=1S/C15H34N2O/c1-7-16-10-8-9-15(6)18-12-11-17(13(2)3)14(4)5/h13-16H,7-12H2,1-6H3. The zero-order chi connectivity index (χ0) is 14.0. The van der Waals surface area contributed by atoms with Gasteiger partial charge >= 0.3 is 0 Å². The fourth-order valence-electron chi connectivity index (χ4n) is 2.25. The molecule has 0 heterocycles. The number of ether oxygens (including phenoxy) is 1. The first-order valence-electron chi connectivity index (χ1n) is 7.57. The van der Waals surface area contributed by atoms with Crippen LogP contribution in [0.4, 0.5) is 0 Å². The average Bonchev–Trinajstić information content (AvgIpc) is 2.29. The summed E-state index contributed by atoms with van der Waals surface area (Å²) in [7, 11) is 0. The monoisotopic (exact) mass is 258 g/mol. The molecule has 0 saturated carbocycles. The van der Waals surface area contributed by atoms with E-state index in [4.69, 9.17) is 4.74 Å². The van der Waals surface area contributed by atoms with Crippen LogP contribution in [0.5, 0.6) is 0 Å². The summed E-state index contributed by atoms with van der Waals surface area (Å²) in [6.45, 7) is 17.4. The molecule has 0 bridgehead atoms. The lowest BCUT2D eigenvalue weighted by Crippen LogP contribution is -2.39. The summed E-state index contributed by atoms with van der Waals surface area (Å²) in [5.41, 5.74) is 0. The van der Waals surface area contributed by atoms with Gasteiger partial charge in [0.15, 0.2) is 0 Å². The number of hydrogen-bond donors (Lipinski definition) is 1. The van der Waals surface area contributed by atoms with Gasteiger partial charge in [0.05, 0.1) is 12.7 Å². The Bertz CT molecular complexity index is 175. The Labute approximate surface area is 114 Å². The smallest absolute Gasteiger partial charge is 0.0597 e. The van der Waals surface area contributed by atoms with Crippen molar-refractivity contribution in [3.05, 3.63) is 0 Å². The molecule has 110 valence electrons. The third-order valence-electron chi connectivity index (χ3n) is 3.29. The van der Waals surface area contributed by atoms with Crippen molar-refractivity contribution < 1.29 is 4.74 Å². The molecule has 3 heteroatoms. The SMILES string of the molecule is CCNCCCC(C)OCCN(C(C)C)C(C)C. The minimum Gasteiger partial charge on any atom is -0.377 e. The molecular weight excluding hydrogens is 224 g/mol. The Balaban J connectivity index is 3.62. The van der Waals surface area contributed by atoms with Gasteiger partial charge in [-0.25, -0.2) is 0 Å². The van der Waals surface area contributed by atoms with Crippen LogP contribution in [0.25, 0.3) is 0 Å². The molecule has 0 rings (SSSR count). The van der Waals surface area contributed by atoms with Crippen LogP contribution in [0.2, 0.25) is 0 Å². The van der Waals surface area contributed by atoms with E-state index in [9.17, 15) is 0 Å². The van der Waals surface area contributed by atoms with Crippen LogP contribution in [0.3, 0.4) is 0 Å². The lowest BCUT2D eigenvalue weighted by atomic mass is 10.2. The predicted octanol–water partition coefficient (Wildman–Crippen LogP) is 2.90. The molecule has 1 unspecified atom stereocenters. The van der Waals surface area contributed by atoms with E-state index in [-0.39, 0.29) is 0 Å². The predicted molar refractivity (Wildman–Crippen MR) is 80.2 cm³/mol. The van der Waals surface area contributed by atoms with Gasteiger partial charge in [-0.05, 0) is 60.5 Å². The molecule has 0 aliphatic heterocycles. The third-order valence-corrected chi connectivity index (χ3v) is 3.29. The fourth-order valence-corrected chi connectivity index (χ4v) is 2.25. The Morgan fingerprint density at radius 2 is 1.67 bits per heavy atom. The summed E-state index contributed by atoms with van der Waals surface area (Å²) < 4.78 is 5.88. The number of rotatable bonds is 11.